The standard InChI is InChI=1S/C32H33BrN6O4S2/c33-25-12-14-26(15-13-25)39-29(35-36-32(39)44-22-30(40)38-20-6-8-23-7-2-3-9-28(23)38)21-34-31(41)24-10-16-27(17-11-24)45(42,43)37-18-4-1-5-19-37/h2-3,7,9-17H,1,4-6,8,18-22H2,(H,34,41). The highest BCUT2D eigenvalue weighted by atomic mass is 79.9. The van der Waals surface area contributed by atoms with E-state index in [2.05, 4.69) is 37.5 Å². The van der Waals surface area contributed by atoms with Crippen molar-refractivity contribution in [3.05, 3.63) is 94.2 Å². The number of benzene rings is 3. The smallest absolute Gasteiger partial charge is 0.251 e. The van der Waals surface area contributed by atoms with Crippen molar-refractivity contribution in [3.8, 4) is 5.69 Å². The van der Waals surface area contributed by atoms with Gasteiger partial charge in [0.2, 0.25) is 15.9 Å². The monoisotopic (exact) mass is 708 g/mol. The van der Waals surface area contributed by atoms with Gasteiger partial charge in [-0.05, 0) is 85.8 Å². The number of aromatic nitrogens is 3. The zero-order valence-electron chi connectivity index (χ0n) is 24.6. The molecule has 4 aromatic rings. The summed E-state index contributed by atoms with van der Waals surface area (Å²) in [5.41, 5.74) is 3.27. The number of hydrogen-bond donors (Lipinski definition) is 1. The third-order valence-corrected chi connectivity index (χ3v) is 11.4. The Hall–Kier alpha value is -3.52. The number of aryl methyl sites for hydroxylation is 1. The van der Waals surface area contributed by atoms with E-state index < -0.39 is 10.0 Å². The van der Waals surface area contributed by atoms with Crippen LogP contribution in [0.2, 0.25) is 0 Å². The van der Waals surface area contributed by atoms with E-state index in [0.29, 0.717) is 36.2 Å². The number of sulfonamides is 1. The highest BCUT2D eigenvalue weighted by Crippen LogP contribution is 2.29. The maximum atomic E-state index is 13.3. The lowest BCUT2D eigenvalue weighted by molar-refractivity contribution is -0.116. The SMILES string of the molecule is O=C(NCc1nnc(SCC(=O)N2CCCc3ccccc32)n1-c1ccc(Br)cc1)c1ccc(S(=O)(=O)N2CCCCC2)cc1. The molecule has 2 aliphatic rings. The molecule has 0 saturated carbocycles. The van der Waals surface area contributed by atoms with Gasteiger partial charge in [0.25, 0.3) is 5.91 Å². The molecule has 0 unspecified atom stereocenters. The first-order valence-electron chi connectivity index (χ1n) is 14.9. The molecular weight excluding hydrogens is 676 g/mol. The van der Waals surface area contributed by atoms with Gasteiger partial charge in [-0.3, -0.25) is 14.2 Å². The summed E-state index contributed by atoms with van der Waals surface area (Å²) in [4.78, 5) is 28.4. The van der Waals surface area contributed by atoms with E-state index in [4.69, 9.17) is 0 Å². The number of hydrogen-bond acceptors (Lipinski definition) is 7. The fraction of sp³-hybridized carbons (Fsp3) is 0.312. The van der Waals surface area contributed by atoms with Crippen molar-refractivity contribution in [3.63, 3.8) is 0 Å². The molecule has 1 saturated heterocycles. The Morgan fingerprint density at radius 3 is 2.36 bits per heavy atom. The lowest BCUT2D eigenvalue weighted by Gasteiger charge is -2.29. The van der Waals surface area contributed by atoms with Crippen LogP contribution in [-0.4, -0.2) is 64.7 Å². The molecule has 0 radical (unpaired) electrons. The topological polar surface area (TPSA) is 117 Å². The molecule has 0 aliphatic carbocycles. The van der Waals surface area contributed by atoms with Gasteiger partial charge in [0.15, 0.2) is 11.0 Å². The van der Waals surface area contributed by atoms with Crippen LogP contribution in [0.5, 0.6) is 0 Å². The third-order valence-electron chi connectivity index (χ3n) is 8.00. The Morgan fingerprint density at radius 2 is 1.60 bits per heavy atom. The summed E-state index contributed by atoms with van der Waals surface area (Å²) >= 11 is 4.78. The average molecular weight is 710 g/mol. The van der Waals surface area contributed by atoms with Crippen molar-refractivity contribution in [2.75, 3.05) is 30.3 Å². The fourth-order valence-electron chi connectivity index (χ4n) is 5.65. The number of fused-ring (bicyclic) bond motifs is 1. The molecule has 3 aromatic carbocycles. The predicted octanol–water partition coefficient (Wildman–Crippen LogP) is 5.21. The minimum absolute atomic E-state index is 0.00175. The summed E-state index contributed by atoms with van der Waals surface area (Å²) in [6.45, 7) is 1.79. The van der Waals surface area contributed by atoms with Crippen LogP contribution in [-0.2, 0) is 27.8 Å². The largest absolute Gasteiger partial charge is 0.345 e. The van der Waals surface area contributed by atoms with Crippen molar-refractivity contribution >= 4 is 55.2 Å². The summed E-state index contributed by atoms with van der Waals surface area (Å²) in [6.07, 6.45) is 4.63. The number of halogens is 1. The third kappa shape index (κ3) is 7.01. The Balaban J connectivity index is 1.16. The maximum Gasteiger partial charge on any atom is 0.251 e. The minimum atomic E-state index is -3.58. The van der Waals surface area contributed by atoms with Crippen LogP contribution < -0.4 is 10.2 Å². The summed E-state index contributed by atoms with van der Waals surface area (Å²) in [6, 6.07) is 21.7. The van der Waals surface area contributed by atoms with Crippen molar-refractivity contribution in [1.82, 2.24) is 24.4 Å². The highest BCUT2D eigenvalue weighted by molar-refractivity contribution is 9.10. The molecule has 10 nitrogen and oxygen atoms in total. The number of amides is 2. The molecule has 2 aliphatic heterocycles. The Kier molecular flexibility index (Phi) is 9.69. The van der Waals surface area contributed by atoms with Crippen molar-refractivity contribution in [2.45, 2.75) is 48.7 Å². The molecule has 234 valence electrons. The maximum absolute atomic E-state index is 13.3. The number of thioether (sulfide) groups is 1. The second-order valence-electron chi connectivity index (χ2n) is 10.9. The second kappa shape index (κ2) is 13.9. The second-order valence-corrected chi connectivity index (χ2v) is 14.7. The van der Waals surface area contributed by atoms with Crippen LogP contribution in [0.15, 0.2) is 87.3 Å². The van der Waals surface area contributed by atoms with Gasteiger partial charge in [-0.2, -0.15) is 4.31 Å². The van der Waals surface area contributed by atoms with Gasteiger partial charge in [-0.25, -0.2) is 8.42 Å². The van der Waals surface area contributed by atoms with Crippen molar-refractivity contribution in [1.29, 1.82) is 0 Å². The van der Waals surface area contributed by atoms with Crippen LogP contribution in [0.25, 0.3) is 5.69 Å². The van der Waals surface area contributed by atoms with Crippen LogP contribution in [0.1, 0.15) is 47.4 Å². The molecule has 45 heavy (non-hydrogen) atoms. The fourth-order valence-corrected chi connectivity index (χ4v) is 8.28. The number of nitrogens with zero attached hydrogens (tertiary/aromatic N) is 5. The Bertz CT molecular complexity index is 1790. The summed E-state index contributed by atoms with van der Waals surface area (Å²) in [5.74, 6) is 0.309. The summed E-state index contributed by atoms with van der Waals surface area (Å²) < 4.78 is 30.2. The number of nitrogens with one attached hydrogen (secondary N) is 1. The molecule has 1 fully saturated rings. The van der Waals surface area contributed by atoms with Crippen LogP contribution in [0.4, 0.5) is 5.69 Å². The molecule has 3 heterocycles. The van der Waals surface area contributed by atoms with Crippen molar-refractivity contribution in [2.24, 2.45) is 0 Å². The van der Waals surface area contributed by atoms with Gasteiger partial charge in [0.1, 0.15) is 0 Å². The Morgan fingerprint density at radius 1 is 0.867 bits per heavy atom. The first kappa shape index (κ1) is 31.5. The number of piperidine rings is 1. The van der Waals surface area contributed by atoms with Crippen molar-refractivity contribution < 1.29 is 18.0 Å². The molecule has 2 amide bonds. The van der Waals surface area contributed by atoms with E-state index in [1.165, 1.54) is 45.9 Å². The summed E-state index contributed by atoms with van der Waals surface area (Å²) in [5, 5.41) is 12.2. The molecule has 1 aromatic heterocycles. The molecule has 0 spiro atoms. The van der Waals surface area contributed by atoms with Gasteiger partial charge in [0.05, 0.1) is 17.2 Å². The van der Waals surface area contributed by atoms with E-state index >= 15 is 0 Å². The van der Waals surface area contributed by atoms with E-state index in [-0.39, 0.29) is 29.0 Å². The van der Waals surface area contributed by atoms with Crippen LogP contribution in [0, 0.1) is 0 Å². The number of para-hydroxylation sites is 1. The molecule has 1 N–H and O–H groups in total. The van der Waals surface area contributed by atoms with E-state index in [0.717, 1.165) is 48.0 Å². The number of carbonyl (C=O) groups is 2. The van der Waals surface area contributed by atoms with Gasteiger partial charge < -0.3 is 10.2 Å². The van der Waals surface area contributed by atoms with E-state index in [1.807, 2.05) is 51.9 Å². The first-order valence-corrected chi connectivity index (χ1v) is 18.1. The quantitative estimate of drug-likeness (QED) is 0.238. The van der Waals surface area contributed by atoms with E-state index in [1.54, 1.807) is 0 Å². The number of anilines is 1. The zero-order valence-corrected chi connectivity index (χ0v) is 27.8. The lowest BCUT2D eigenvalue weighted by Crippen LogP contribution is -2.36. The van der Waals surface area contributed by atoms with Crippen LogP contribution >= 0.6 is 27.7 Å². The van der Waals surface area contributed by atoms with Gasteiger partial charge >= 0.3 is 0 Å². The minimum Gasteiger partial charge on any atom is -0.345 e. The molecule has 0 atom stereocenters. The molecule has 0 bridgehead atoms. The number of carbonyl (C=O) groups excluding carboxylic acids is 2. The predicted molar refractivity (Wildman–Crippen MR) is 177 cm³/mol. The first-order chi connectivity index (χ1) is 21.8. The highest BCUT2D eigenvalue weighted by Gasteiger charge is 2.27. The van der Waals surface area contributed by atoms with Gasteiger partial charge in [0, 0.05) is 41.0 Å². The normalized spacial score (nSPS) is 15.4. The zero-order chi connectivity index (χ0) is 31.4. The molecule has 13 heteroatoms. The average Bonchev–Trinajstić information content (AvgIpc) is 3.49. The van der Waals surface area contributed by atoms with E-state index in [9.17, 15) is 18.0 Å². The molecule has 6 rings (SSSR count). The Labute approximate surface area is 275 Å². The van der Waals surface area contributed by atoms with Crippen LogP contribution in [0.3, 0.4) is 0 Å². The summed E-state index contributed by atoms with van der Waals surface area (Å²) in [7, 11) is -3.58. The molecular formula is C32H33BrN6O4S2. The number of rotatable bonds is 9. The van der Waals surface area contributed by atoms with Gasteiger partial charge in [-0.15, -0.1) is 10.2 Å². The van der Waals surface area contributed by atoms with Gasteiger partial charge in [-0.1, -0.05) is 52.3 Å². The lowest BCUT2D eigenvalue weighted by atomic mass is 10.0.